The van der Waals surface area contributed by atoms with E-state index in [4.69, 9.17) is 0 Å². The third kappa shape index (κ3) is 3.26. The Morgan fingerprint density at radius 1 is 1.21 bits per heavy atom. The summed E-state index contributed by atoms with van der Waals surface area (Å²) in [5, 5.41) is 13.8. The van der Waals surface area contributed by atoms with Crippen molar-refractivity contribution in [2.75, 3.05) is 19.7 Å². The van der Waals surface area contributed by atoms with Crippen LogP contribution in [-0.2, 0) is 13.1 Å². The van der Waals surface area contributed by atoms with Crippen LogP contribution in [0.5, 0.6) is 0 Å². The molecule has 2 aromatic rings. The molecule has 130 valence electrons. The topological polar surface area (TPSA) is 41.3 Å². The largest absolute Gasteiger partial charge is 0.394 e. The van der Waals surface area contributed by atoms with Gasteiger partial charge in [-0.15, -0.1) is 0 Å². The van der Waals surface area contributed by atoms with E-state index in [1.807, 2.05) is 4.68 Å². The lowest BCUT2D eigenvalue weighted by atomic mass is 9.78. The SMILES string of the molecule is Cc1nn(CCO)c(C)c1CN1CC(c2ccccc2)C(C)(C)C1. The van der Waals surface area contributed by atoms with Gasteiger partial charge < -0.3 is 5.11 Å². The zero-order chi connectivity index (χ0) is 17.3. The van der Waals surface area contributed by atoms with Crippen molar-refractivity contribution in [2.24, 2.45) is 5.41 Å². The molecular weight excluding hydrogens is 298 g/mol. The molecule has 1 fully saturated rings. The molecule has 4 heteroatoms. The molecule has 0 aliphatic carbocycles. The molecule has 1 atom stereocenters. The molecular formula is C20H29N3O. The van der Waals surface area contributed by atoms with Crippen LogP contribution in [0.1, 0.15) is 42.3 Å². The molecule has 4 nitrogen and oxygen atoms in total. The van der Waals surface area contributed by atoms with E-state index < -0.39 is 0 Å². The Labute approximate surface area is 145 Å². The van der Waals surface area contributed by atoms with Crippen molar-refractivity contribution >= 4 is 0 Å². The molecule has 2 heterocycles. The number of aromatic nitrogens is 2. The highest BCUT2D eigenvalue weighted by molar-refractivity contribution is 5.27. The molecule has 1 aliphatic heterocycles. The van der Waals surface area contributed by atoms with E-state index >= 15 is 0 Å². The van der Waals surface area contributed by atoms with Crippen LogP contribution in [-0.4, -0.2) is 39.5 Å². The number of rotatable bonds is 5. The Balaban J connectivity index is 1.78. The molecule has 0 amide bonds. The normalized spacial score (nSPS) is 20.6. The Morgan fingerprint density at radius 2 is 1.92 bits per heavy atom. The number of aliphatic hydroxyl groups excluding tert-OH is 1. The lowest BCUT2D eigenvalue weighted by molar-refractivity contribution is 0.267. The van der Waals surface area contributed by atoms with Gasteiger partial charge >= 0.3 is 0 Å². The van der Waals surface area contributed by atoms with Gasteiger partial charge in [0.05, 0.1) is 18.8 Å². The maximum Gasteiger partial charge on any atom is 0.0644 e. The van der Waals surface area contributed by atoms with E-state index in [-0.39, 0.29) is 12.0 Å². The molecule has 1 saturated heterocycles. The van der Waals surface area contributed by atoms with Crippen LogP contribution >= 0.6 is 0 Å². The van der Waals surface area contributed by atoms with Gasteiger partial charge in [0.2, 0.25) is 0 Å². The second-order valence-corrected chi connectivity index (χ2v) is 7.72. The molecule has 1 aliphatic rings. The van der Waals surface area contributed by atoms with Gasteiger partial charge in [-0.2, -0.15) is 5.10 Å². The first-order valence-corrected chi connectivity index (χ1v) is 8.83. The van der Waals surface area contributed by atoms with E-state index in [1.165, 1.54) is 16.8 Å². The third-order valence-electron chi connectivity index (χ3n) is 5.44. The second kappa shape index (κ2) is 6.69. The smallest absolute Gasteiger partial charge is 0.0644 e. The number of aliphatic hydroxyl groups is 1. The minimum atomic E-state index is 0.133. The third-order valence-corrected chi connectivity index (χ3v) is 5.44. The summed E-state index contributed by atoms with van der Waals surface area (Å²) in [6, 6.07) is 10.9. The van der Waals surface area contributed by atoms with Crippen LogP contribution in [0.2, 0.25) is 0 Å². The molecule has 24 heavy (non-hydrogen) atoms. The minimum Gasteiger partial charge on any atom is -0.394 e. The molecule has 1 aromatic heterocycles. The Bertz CT molecular complexity index is 690. The van der Waals surface area contributed by atoms with Crippen molar-refractivity contribution in [1.29, 1.82) is 0 Å². The van der Waals surface area contributed by atoms with Crippen molar-refractivity contribution in [1.82, 2.24) is 14.7 Å². The zero-order valence-electron chi connectivity index (χ0n) is 15.3. The van der Waals surface area contributed by atoms with Crippen LogP contribution in [0.25, 0.3) is 0 Å². The zero-order valence-corrected chi connectivity index (χ0v) is 15.3. The summed E-state index contributed by atoms with van der Waals surface area (Å²) in [6.07, 6.45) is 0. The van der Waals surface area contributed by atoms with Crippen molar-refractivity contribution in [2.45, 2.75) is 46.7 Å². The Hall–Kier alpha value is -1.65. The van der Waals surface area contributed by atoms with E-state index in [2.05, 4.69) is 68.0 Å². The van der Waals surface area contributed by atoms with Gasteiger partial charge in [-0.25, -0.2) is 0 Å². The molecule has 1 unspecified atom stereocenters. The van der Waals surface area contributed by atoms with E-state index in [9.17, 15) is 5.11 Å². The summed E-state index contributed by atoms with van der Waals surface area (Å²) in [6.45, 7) is 12.8. The first kappa shape index (κ1) is 17.2. The summed E-state index contributed by atoms with van der Waals surface area (Å²) in [5.74, 6) is 0.562. The molecule has 0 bridgehead atoms. The molecule has 0 spiro atoms. The van der Waals surface area contributed by atoms with E-state index in [0.717, 1.165) is 25.3 Å². The molecule has 1 aromatic carbocycles. The Morgan fingerprint density at radius 3 is 2.58 bits per heavy atom. The number of aryl methyl sites for hydroxylation is 1. The number of hydrogen-bond acceptors (Lipinski definition) is 3. The highest BCUT2D eigenvalue weighted by Crippen LogP contribution is 2.42. The number of nitrogens with zero attached hydrogens (tertiary/aromatic N) is 3. The van der Waals surface area contributed by atoms with Crippen LogP contribution < -0.4 is 0 Å². The lowest BCUT2D eigenvalue weighted by Crippen LogP contribution is -2.23. The van der Waals surface area contributed by atoms with Crippen LogP contribution in [0.15, 0.2) is 30.3 Å². The van der Waals surface area contributed by atoms with Crippen LogP contribution in [0.3, 0.4) is 0 Å². The van der Waals surface area contributed by atoms with Gasteiger partial charge in [-0.3, -0.25) is 9.58 Å². The van der Waals surface area contributed by atoms with Crippen LogP contribution in [0, 0.1) is 19.3 Å². The molecule has 0 saturated carbocycles. The number of hydrogen-bond donors (Lipinski definition) is 1. The Kier molecular flexibility index (Phi) is 4.79. The maximum absolute atomic E-state index is 9.19. The van der Waals surface area contributed by atoms with Gasteiger partial charge in [0, 0.05) is 36.8 Å². The quantitative estimate of drug-likeness (QED) is 0.917. The van der Waals surface area contributed by atoms with Crippen molar-refractivity contribution < 1.29 is 5.11 Å². The van der Waals surface area contributed by atoms with Gasteiger partial charge in [-0.1, -0.05) is 44.2 Å². The fourth-order valence-electron chi connectivity index (χ4n) is 4.12. The average molecular weight is 327 g/mol. The van der Waals surface area contributed by atoms with Crippen molar-refractivity contribution in [3.05, 3.63) is 52.8 Å². The van der Waals surface area contributed by atoms with Gasteiger partial charge in [0.1, 0.15) is 0 Å². The lowest BCUT2D eigenvalue weighted by Gasteiger charge is -2.26. The maximum atomic E-state index is 9.19. The standard InChI is InChI=1S/C20H29N3O/c1-15-18(16(2)23(21-15)10-11-24)12-22-13-19(20(3,4)14-22)17-8-6-5-7-9-17/h5-9,19,24H,10-14H2,1-4H3. The fraction of sp³-hybridized carbons (Fsp3) is 0.550. The molecule has 1 N–H and O–H groups in total. The molecule has 3 rings (SSSR count). The minimum absolute atomic E-state index is 0.133. The fourth-order valence-corrected chi connectivity index (χ4v) is 4.12. The average Bonchev–Trinajstić information content (AvgIpc) is 2.99. The van der Waals surface area contributed by atoms with Gasteiger partial charge in [-0.05, 0) is 24.8 Å². The monoisotopic (exact) mass is 327 g/mol. The summed E-state index contributed by atoms with van der Waals surface area (Å²) >= 11 is 0. The highest BCUT2D eigenvalue weighted by Gasteiger charge is 2.40. The van der Waals surface area contributed by atoms with Crippen molar-refractivity contribution in [3.63, 3.8) is 0 Å². The van der Waals surface area contributed by atoms with Crippen LogP contribution in [0.4, 0.5) is 0 Å². The summed E-state index contributed by atoms with van der Waals surface area (Å²) in [5.41, 5.74) is 5.29. The van der Waals surface area contributed by atoms with E-state index in [1.54, 1.807) is 0 Å². The predicted molar refractivity (Wildman–Crippen MR) is 97.0 cm³/mol. The van der Waals surface area contributed by atoms with E-state index in [0.29, 0.717) is 12.5 Å². The molecule has 0 radical (unpaired) electrons. The first-order chi connectivity index (χ1) is 11.4. The van der Waals surface area contributed by atoms with Crippen molar-refractivity contribution in [3.8, 4) is 0 Å². The number of benzene rings is 1. The summed E-state index contributed by atoms with van der Waals surface area (Å²) < 4.78 is 1.93. The van der Waals surface area contributed by atoms with Gasteiger partial charge in [0.15, 0.2) is 0 Å². The number of likely N-dealkylation sites (tertiary alicyclic amines) is 1. The predicted octanol–water partition coefficient (Wildman–Crippen LogP) is 3.12. The highest BCUT2D eigenvalue weighted by atomic mass is 16.3. The first-order valence-electron chi connectivity index (χ1n) is 8.83. The van der Waals surface area contributed by atoms with Gasteiger partial charge in [0.25, 0.3) is 0 Å². The summed E-state index contributed by atoms with van der Waals surface area (Å²) in [7, 11) is 0. The second-order valence-electron chi connectivity index (χ2n) is 7.72. The summed E-state index contributed by atoms with van der Waals surface area (Å²) in [4.78, 5) is 2.55.